The average Bonchev–Trinajstić information content (AvgIpc) is 3.35. The van der Waals surface area contributed by atoms with Crippen LogP contribution in [0.2, 0.25) is 0 Å². The lowest BCUT2D eigenvalue weighted by Crippen LogP contribution is -2.51. The molecule has 3 aromatic rings. The third-order valence-electron chi connectivity index (χ3n) is 8.12. The van der Waals surface area contributed by atoms with Crippen molar-refractivity contribution in [3.8, 4) is 0 Å². The molecule has 5 heterocycles. The van der Waals surface area contributed by atoms with Crippen molar-refractivity contribution < 1.29 is 13.9 Å². The molecule has 1 spiro atoms. The molecule has 10 heteroatoms. The SMILES string of the molecule is Cc1cc(C)c2c(N)c(C(=O)NC3CCc4nc(N5CC(N)C6(CCCCO6)C5)c(F)cc4C3)sc2n1. The predicted octanol–water partition coefficient (Wildman–Crippen LogP) is 3.40. The highest BCUT2D eigenvalue weighted by Crippen LogP contribution is 2.38. The Kier molecular flexibility index (Phi) is 6.08. The molecule has 3 unspecified atom stereocenters. The summed E-state index contributed by atoms with van der Waals surface area (Å²) in [6, 6.07) is 3.28. The first kappa shape index (κ1) is 24.5. The molecule has 0 saturated carbocycles. The summed E-state index contributed by atoms with van der Waals surface area (Å²) in [6.07, 6.45) is 4.94. The highest BCUT2D eigenvalue weighted by Gasteiger charge is 2.47. The van der Waals surface area contributed by atoms with Crippen LogP contribution in [-0.4, -0.2) is 53.3 Å². The number of carbonyl (C=O) groups excluding carboxylic acids is 1. The number of carbonyl (C=O) groups is 1. The Morgan fingerprint density at radius 3 is 2.92 bits per heavy atom. The Morgan fingerprint density at radius 2 is 2.14 bits per heavy atom. The zero-order valence-corrected chi connectivity index (χ0v) is 22.1. The van der Waals surface area contributed by atoms with E-state index in [0.29, 0.717) is 48.9 Å². The summed E-state index contributed by atoms with van der Waals surface area (Å²) in [5.74, 6) is -0.199. The molecule has 6 rings (SSSR count). The third kappa shape index (κ3) is 4.24. The van der Waals surface area contributed by atoms with Crippen molar-refractivity contribution in [2.24, 2.45) is 5.73 Å². The summed E-state index contributed by atoms with van der Waals surface area (Å²) < 4.78 is 21.4. The second-order valence-corrected chi connectivity index (χ2v) is 11.8. The fourth-order valence-electron chi connectivity index (χ4n) is 6.22. The maximum atomic E-state index is 15.3. The molecule has 2 saturated heterocycles. The molecular weight excluding hydrogens is 491 g/mol. The van der Waals surface area contributed by atoms with E-state index in [4.69, 9.17) is 21.2 Å². The number of aromatic nitrogens is 2. The normalized spacial score (nSPS) is 25.6. The lowest BCUT2D eigenvalue weighted by Gasteiger charge is -2.36. The maximum absolute atomic E-state index is 15.3. The standard InChI is InChI=1S/C27H33FN6O2S/c1-14-9-15(2)31-26-21(14)22(30)23(37-26)25(35)32-17-5-6-19-16(10-17)11-18(28)24(33-19)34-12-20(29)27(13-34)7-3-4-8-36-27/h9,11,17,20H,3-8,10,12-13,29-30H2,1-2H3,(H,32,35). The number of halogens is 1. The van der Waals surface area contributed by atoms with Crippen LogP contribution < -0.4 is 21.7 Å². The molecule has 5 N–H and O–H groups in total. The highest BCUT2D eigenvalue weighted by atomic mass is 32.1. The minimum absolute atomic E-state index is 0.119. The minimum atomic E-state index is -0.404. The van der Waals surface area contributed by atoms with Crippen LogP contribution in [0.15, 0.2) is 12.1 Å². The molecule has 0 bridgehead atoms. The first-order chi connectivity index (χ1) is 17.7. The van der Waals surface area contributed by atoms with Gasteiger partial charge in [-0.25, -0.2) is 14.4 Å². The third-order valence-corrected chi connectivity index (χ3v) is 9.22. The Morgan fingerprint density at radius 1 is 1.30 bits per heavy atom. The molecule has 0 radical (unpaired) electrons. The average molecular weight is 525 g/mol. The van der Waals surface area contributed by atoms with E-state index in [2.05, 4.69) is 10.3 Å². The second kappa shape index (κ2) is 9.18. The van der Waals surface area contributed by atoms with Crippen molar-refractivity contribution in [3.63, 3.8) is 0 Å². The van der Waals surface area contributed by atoms with Gasteiger partial charge in [-0.05, 0) is 75.6 Å². The molecule has 1 aliphatic carbocycles. The van der Waals surface area contributed by atoms with E-state index in [9.17, 15) is 4.79 Å². The lowest BCUT2D eigenvalue weighted by molar-refractivity contribution is -0.0717. The van der Waals surface area contributed by atoms with Gasteiger partial charge in [0.15, 0.2) is 11.6 Å². The van der Waals surface area contributed by atoms with Gasteiger partial charge < -0.3 is 26.4 Å². The number of ether oxygens (including phenoxy) is 1. The predicted molar refractivity (Wildman–Crippen MR) is 144 cm³/mol. The summed E-state index contributed by atoms with van der Waals surface area (Å²) in [5, 5.41) is 3.96. The smallest absolute Gasteiger partial charge is 0.263 e. The first-order valence-electron chi connectivity index (χ1n) is 13.0. The molecule has 2 fully saturated rings. The van der Waals surface area contributed by atoms with Crippen molar-refractivity contribution in [3.05, 3.63) is 45.3 Å². The molecule has 3 aromatic heterocycles. The number of nitrogens with zero attached hydrogens (tertiary/aromatic N) is 3. The van der Waals surface area contributed by atoms with Gasteiger partial charge in [-0.3, -0.25) is 4.79 Å². The summed E-state index contributed by atoms with van der Waals surface area (Å²) in [5.41, 5.74) is 16.5. The lowest BCUT2D eigenvalue weighted by atomic mass is 9.89. The zero-order valence-electron chi connectivity index (χ0n) is 21.3. The van der Waals surface area contributed by atoms with Crippen LogP contribution in [0.3, 0.4) is 0 Å². The Balaban J connectivity index is 1.18. The largest absolute Gasteiger partial charge is 0.397 e. The van der Waals surface area contributed by atoms with E-state index < -0.39 is 5.60 Å². The molecule has 3 aliphatic rings. The summed E-state index contributed by atoms with van der Waals surface area (Å²) in [4.78, 5) is 25.6. The number of amides is 1. The molecule has 0 aromatic carbocycles. The van der Waals surface area contributed by atoms with Gasteiger partial charge in [-0.2, -0.15) is 0 Å². The van der Waals surface area contributed by atoms with Crippen molar-refractivity contribution >= 4 is 39.0 Å². The Bertz CT molecular complexity index is 1390. The number of nitrogens with one attached hydrogen (secondary N) is 1. The van der Waals surface area contributed by atoms with Gasteiger partial charge in [0.1, 0.15) is 15.3 Å². The van der Waals surface area contributed by atoms with Crippen LogP contribution in [0, 0.1) is 19.7 Å². The van der Waals surface area contributed by atoms with Crippen molar-refractivity contribution in [1.29, 1.82) is 0 Å². The maximum Gasteiger partial charge on any atom is 0.263 e. The van der Waals surface area contributed by atoms with E-state index in [0.717, 1.165) is 58.4 Å². The van der Waals surface area contributed by atoms with E-state index >= 15 is 4.39 Å². The van der Waals surface area contributed by atoms with Gasteiger partial charge in [-0.15, -0.1) is 11.3 Å². The molecule has 3 atom stereocenters. The fourth-order valence-corrected chi connectivity index (χ4v) is 7.34. The van der Waals surface area contributed by atoms with Gasteiger partial charge in [0.2, 0.25) is 0 Å². The van der Waals surface area contributed by atoms with Gasteiger partial charge in [-0.1, -0.05) is 0 Å². The van der Waals surface area contributed by atoms with E-state index in [1.54, 1.807) is 6.07 Å². The number of fused-ring (bicyclic) bond motifs is 2. The van der Waals surface area contributed by atoms with Crippen LogP contribution in [0.1, 0.15) is 57.9 Å². The van der Waals surface area contributed by atoms with E-state index in [1.165, 1.54) is 11.3 Å². The molecular formula is C27H33FN6O2S. The van der Waals surface area contributed by atoms with Crippen molar-refractivity contribution in [1.82, 2.24) is 15.3 Å². The fraction of sp³-hybridized carbons (Fsp3) is 0.519. The number of anilines is 2. The second-order valence-electron chi connectivity index (χ2n) is 10.8. The Labute approximate surface area is 219 Å². The van der Waals surface area contributed by atoms with Crippen molar-refractivity contribution in [2.75, 3.05) is 30.3 Å². The quantitative estimate of drug-likeness (QED) is 0.480. The van der Waals surface area contributed by atoms with Crippen LogP contribution in [0.4, 0.5) is 15.9 Å². The number of nitrogens with two attached hydrogens (primary N) is 2. The van der Waals surface area contributed by atoms with Gasteiger partial charge in [0.05, 0.1) is 18.3 Å². The number of nitrogen functional groups attached to an aromatic ring is 1. The number of hydrogen-bond donors (Lipinski definition) is 3. The zero-order chi connectivity index (χ0) is 25.9. The number of rotatable bonds is 3. The van der Waals surface area contributed by atoms with Crippen LogP contribution in [-0.2, 0) is 17.6 Å². The summed E-state index contributed by atoms with van der Waals surface area (Å²) in [6.45, 7) is 5.72. The topological polar surface area (TPSA) is 119 Å². The number of aryl methyl sites for hydroxylation is 3. The monoisotopic (exact) mass is 524 g/mol. The van der Waals surface area contributed by atoms with Crippen LogP contribution >= 0.6 is 11.3 Å². The van der Waals surface area contributed by atoms with Gasteiger partial charge in [0, 0.05) is 36.0 Å². The van der Waals surface area contributed by atoms with Crippen molar-refractivity contribution in [2.45, 2.75) is 70.1 Å². The van der Waals surface area contributed by atoms with Crippen LogP contribution in [0.25, 0.3) is 10.2 Å². The molecule has 1 amide bonds. The first-order valence-corrected chi connectivity index (χ1v) is 13.9. The van der Waals surface area contributed by atoms with Crippen LogP contribution in [0.5, 0.6) is 0 Å². The molecule has 2 aliphatic heterocycles. The van der Waals surface area contributed by atoms with E-state index in [1.807, 2.05) is 24.8 Å². The number of hydrogen-bond acceptors (Lipinski definition) is 8. The molecule has 8 nitrogen and oxygen atoms in total. The van der Waals surface area contributed by atoms with Gasteiger partial charge in [0.25, 0.3) is 5.91 Å². The number of thiophene rings is 1. The minimum Gasteiger partial charge on any atom is -0.397 e. The number of pyridine rings is 2. The Hall–Kier alpha value is -2.82. The molecule has 196 valence electrons. The summed E-state index contributed by atoms with van der Waals surface area (Å²) in [7, 11) is 0. The molecule has 37 heavy (non-hydrogen) atoms. The summed E-state index contributed by atoms with van der Waals surface area (Å²) >= 11 is 1.32. The highest BCUT2D eigenvalue weighted by molar-refractivity contribution is 7.21. The van der Waals surface area contributed by atoms with E-state index in [-0.39, 0.29) is 23.8 Å². The van der Waals surface area contributed by atoms with Gasteiger partial charge >= 0.3 is 0 Å².